The molecule has 6 rings (SSSR count). The monoisotopic (exact) mass is 466 g/mol. The van der Waals surface area contributed by atoms with Crippen LogP contribution in [-0.4, -0.2) is 0 Å². The maximum atomic E-state index is 2.37. The Kier molecular flexibility index (Phi) is 5.75. The van der Waals surface area contributed by atoms with Gasteiger partial charge in [-0.3, -0.25) is 0 Å². The van der Waals surface area contributed by atoms with E-state index in [1.807, 2.05) is 0 Å². The van der Waals surface area contributed by atoms with E-state index in [0.29, 0.717) is 0 Å². The van der Waals surface area contributed by atoms with Crippen LogP contribution >= 0.6 is 7.26 Å². The zero-order valence-electron chi connectivity index (χ0n) is 19.5. The summed E-state index contributed by atoms with van der Waals surface area (Å²) in [5.74, 6) is 0. The standard InChI is InChI=1S/C34H27P/c1-4-17-28(18-5-1)35(29-19-6-2-7-20-29,30-21-8-3-9-22-30)34-26-13-12-24-33(34)32-25-14-16-27-15-10-11-23-31(27)32/h1-26,35H. The molecule has 0 bridgehead atoms. The van der Waals surface area contributed by atoms with Crippen molar-refractivity contribution < 1.29 is 0 Å². The molecule has 168 valence electrons. The summed E-state index contributed by atoms with van der Waals surface area (Å²) in [5.41, 5.74) is 2.60. The minimum absolute atomic E-state index is 1.27. The average molecular weight is 467 g/mol. The van der Waals surface area contributed by atoms with Crippen molar-refractivity contribution in [3.8, 4) is 11.1 Å². The average Bonchev–Trinajstić information content (AvgIpc) is 2.95. The van der Waals surface area contributed by atoms with E-state index >= 15 is 0 Å². The van der Waals surface area contributed by atoms with E-state index < -0.39 is 7.26 Å². The number of rotatable bonds is 5. The summed E-state index contributed by atoms with van der Waals surface area (Å²) in [6.45, 7) is 0. The molecule has 0 atom stereocenters. The van der Waals surface area contributed by atoms with E-state index in [1.54, 1.807) is 0 Å². The van der Waals surface area contributed by atoms with Gasteiger partial charge in [-0.1, -0.05) is 0 Å². The summed E-state index contributed by atoms with van der Waals surface area (Å²) in [4.78, 5) is 0. The third kappa shape index (κ3) is 3.68. The Morgan fingerprint density at radius 1 is 0.314 bits per heavy atom. The van der Waals surface area contributed by atoms with Gasteiger partial charge in [0.1, 0.15) is 0 Å². The van der Waals surface area contributed by atoms with Crippen LogP contribution in [0.15, 0.2) is 158 Å². The molecule has 0 saturated carbocycles. The Labute approximate surface area is 207 Å². The number of fused-ring (bicyclic) bond motifs is 1. The van der Waals surface area contributed by atoms with Gasteiger partial charge in [0.2, 0.25) is 0 Å². The first-order valence-electron chi connectivity index (χ1n) is 12.1. The van der Waals surface area contributed by atoms with Crippen LogP contribution in [0.1, 0.15) is 0 Å². The van der Waals surface area contributed by atoms with Crippen LogP contribution in [0.4, 0.5) is 0 Å². The third-order valence-electron chi connectivity index (χ3n) is 7.03. The molecule has 0 fully saturated rings. The third-order valence-corrected chi connectivity index (χ3v) is 11.9. The fourth-order valence-corrected chi connectivity index (χ4v) is 10.5. The second-order valence-electron chi connectivity index (χ2n) is 8.92. The topological polar surface area (TPSA) is 0 Å². The molecule has 0 N–H and O–H groups in total. The van der Waals surface area contributed by atoms with Gasteiger partial charge in [-0.25, -0.2) is 0 Å². The van der Waals surface area contributed by atoms with Crippen LogP contribution < -0.4 is 21.2 Å². The molecule has 0 saturated heterocycles. The van der Waals surface area contributed by atoms with E-state index in [1.165, 1.54) is 43.1 Å². The zero-order valence-corrected chi connectivity index (χ0v) is 20.5. The second kappa shape index (κ2) is 9.34. The van der Waals surface area contributed by atoms with Crippen LogP contribution in [0.5, 0.6) is 0 Å². The van der Waals surface area contributed by atoms with Gasteiger partial charge in [0.15, 0.2) is 0 Å². The maximum absolute atomic E-state index is 2.61. The molecular formula is C34H27P. The number of hydrogen-bond acceptors (Lipinski definition) is 0. The van der Waals surface area contributed by atoms with Gasteiger partial charge < -0.3 is 0 Å². The van der Waals surface area contributed by atoms with Gasteiger partial charge in [-0.15, -0.1) is 0 Å². The van der Waals surface area contributed by atoms with Crippen molar-refractivity contribution in [1.82, 2.24) is 0 Å². The van der Waals surface area contributed by atoms with Gasteiger partial charge in [0, 0.05) is 0 Å². The molecule has 0 radical (unpaired) electrons. The van der Waals surface area contributed by atoms with E-state index in [2.05, 4.69) is 158 Å². The number of benzene rings is 6. The molecule has 0 amide bonds. The summed E-state index contributed by atoms with van der Waals surface area (Å²) in [6, 6.07) is 57.9. The Bertz CT molecular complexity index is 1470. The molecule has 0 aromatic heterocycles. The molecule has 0 aliphatic rings. The summed E-state index contributed by atoms with van der Waals surface area (Å²) in [7, 11) is -2.61. The fourth-order valence-electron chi connectivity index (χ4n) is 5.54. The van der Waals surface area contributed by atoms with E-state index in [4.69, 9.17) is 0 Å². The first-order valence-corrected chi connectivity index (χ1v) is 14.1. The van der Waals surface area contributed by atoms with Gasteiger partial charge in [0.25, 0.3) is 0 Å². The number of hydrogen-bond donors (Lipinski definition) is 0. The van der Waals surface area contributed by atoms with Crippen LogP contribution in [-0.2, 0) is 0 Å². The predicted molar refractivity (Wildman–Crippen MR) is 156 cm³/mol. The molecule has 0 nitrogen and oxygen atoms in total. The van der Waals surface area contributed by atoms with Crippen LogP contribution in [0, 0.1) is 0 Å². The fraction of sp³-hybridized carbons (Fsp3) is 0. The van der Waals surface area contributed by atoms with Crippen LogP contribution in [0.3, 0.4) is 0 Å². The summed E-state index contributed by atoms with van der Waals surface area (Å²) in [5, 5.41) is 8.16. The van der Waals surface area contributed by atoms with Gasteiger partial charge in [-0.2, -0.15) is 0 Å². The van der Waals surface area contributed by atoms with Gasteiger partial charge in [-0.05, 0) is 0 Å². The summed E-state index contributed by atoms with van der Waals surface area (Å²) in [6.07, 6.45) is 0. The molecule has 0 aliphatic heterocycles. The molecule has 6 aromatic rings. The minimum atomic E-state index is -2.61. The van der Waals surface area contributed by atoms with E-state index in [9.17, 15) is 0 Å². The first kappa shape index (κ1) is 21.5. The SMILES string of the molecule is c1ccc([PH](c2ccccc2)(c2ccccc2)c2ccccc2-c2cccc3ccccc23)cc1. The normalized spacial score (nSPS) is 11.9. The Morgan fingerprint density at radius 2 is 0.743 bits per heavy atom. The molecule has 35 heavy (non-hydrogen) atoms. The van der Waals surface area contributed by atoms with Gasteiger partial charge >= 0.3 is 208 Å². The molecule has 0 heterocycles. The van der Waals surface area contributed by atoms with Crippen molar-refractivity contribution in [1.29, 1.82) is 0 Å². The van der Waals surface area contributed by atoms with Crippen LogP contribution in [0.2, 0.25) is 0 Å². The van der Waals surface area contributed by atoms with E-state index in [-0.39, 0.29) is 0 Å². The first-order chi connectivity index (χ1) is 17.4. The quantitative estimate of drug-likeness (QED) is 0.244. The van der Waals surface area contributed by atoms with Crippen molar-refractivity contribution >= 4 is 39.3 Å². The molecule has 0 spiro atoms. The Hall–Kier alpha value is -3.99. The van der Waals surface area contributed by atoms with Crippen molar-refractivity contribution in [2.45, 2.75) is 0 Å². The molecular weight excluding hydrogens is 439 g/mol. The van der Waals surface area contributed by atoms with Crippen LogP contribution in [0.25, 0.3) is 21.9 Å². The zero-order chi connectivity index (χ0) is 23.5. The van der Waals surface area contributed by atoms with Gasteiger partial charge in [0.05, 0.1) is 0 Å². The van der Waals surface area contributed by atoms with E-state index in [0.717, 1.165) is 0 Å². The molecule has 1 heteroatoms. The Morgan fingerprint density at radius 3 is 1.34 bits per heavy atom. The predicted octanol–water partition coefficient (Wildman–Crippen LogP) is 6.86. The Balaban J connectivity index is 1.77. The van der Waals surface area contributed by atoms with Crippen molar-refractivity contribution in [3.63, 3.8) is 0 Å². The summed E-state index contributed by atoms with van der Waals surface area (Å²) >= 11 is 0. The van der Waals surface area contributed by atoms with Crippen molar-refractivity contribution in [2.24, 2.45) is 0 Å². The second-order valence-corrected chi connectivity index (χ2v) is 12.7. The molecule has 6 aromatic carbocycles. The van der Waals surface area contributed by atoms with Crippen molar-refractivity contribution in [3.05, 3.63) is 158 Å². The molecule has 0 aliphatic carbocycles. The van der Waals surface area contributed by atoms with Crippen molar-refractivity contribution in [2.75, 3.05) is 0 Å². The molecule has 0 unspecified atom stereocenters. The summed E-state index contributed by atoms with van der Waals surface area (Å²) < 4.78 is 0.